The van der Waals surface area contributed by atoms with E-state index in [2.05, 4.69) is 43.0 Å². The Balaban J connectivity index is 1.72. The fourth-order valence-corrected chi connectivity index (χ4v) is 3.74. The van der Waals surface area contributed by atoms with Gasteiger partial charge in [-0.15, -0.1) is 0 Å². The lowest BCUT2D eigenvalue weighted by molar-refractivity contribution is -0.136. The predicted octanol–water partition coefficient (Wildman–Crippen LogP) is 4.42. The summed E-state index contributed by atoms with van der Waals surface area (Å²) in [5, 5.41) is 7.32. The van der Waals surface area contributed by atoms with Crippen molar-refractivity contribution in [2.24, 2.45) is 0 Å². The summed E-state index contributed by atoms with van der Waals surface area (Å²) in [6, 6.07) is 8.00. The lowest BCUT2D eigenvalue weighted by atomic mass is 9.85. The molecule has 1 aliphatic heterocycles. The van der Waals surface area contributed by atoms with E-state index in [4.69, 9.17) is 0 Å². The Bertz CT molecular complexity index is 686. The van der Waals surface area contributed by atoms with Crippen LogP contribution in [0.3, 0.4) is 0 Å². The largest absolute Gasteiger partial charge is 0.324 e. The molecule has 0 spiro atoms. The Hall–Kier alpha value is -1.17. The van der Waals surface area contributed by atoms with Gasteiger partial charge in [0, 0.05) is 23.2 Å². The first-order valence-corrected chi connectivity index (χ1v) is 9.07. The zero-order chi connectivity index (χ0) is 15.7. The van der Waals surface area contributed by atoms with E-state index >= 15 is 0 Å². The molecule has 2 aromatic rings. The van der Waals surface area contributed by atoms with Gasteiger partial charge in [-0.05, 0) is 60.4 Å². The Morgan fingerprint density at radius 2 is 2.27 bits per heavy atom. The van der Waals surface area contributed by atoms with Crippen LogP contribution < -0.4 is 5.32 Å². The number of benzene rings is 1. The SMILES string of the molecule is Cc1c(Br)cccc1NC(=O)C1(C)CCN1Cc1ccsc1. The minimum Gasteiger partial charge on any atom is -0.324 e. The molecule has 1 saturated heterocycles. The van der Waals surface area contributed by atoms with Crippen molar-refractivity contribution in [1.82, 2.24) is 4.90 Å². The van der Waals surface area contributed by atoms with E-state index in [0.717, 1.165) is 35.2 Å². The van der Waals surface area contributed by atoms with Gasteiger partial charge in [-0.3, -0.25) is 9.69 Å². The number of thiophene rings is 1. The molecule has 1 aliphatic rings. The summed E-state index contributed by atoms with van der Waals surface area (Å²) in [7, 11) is 0. The molecule has 2 heterocycles. The van der Waals surface area contributed by atoms with Gasteiger partial charge < -0.3 is 5.32 Å². The number of likely N-dealkylation sites (tertiary alicyclic amines) is 1. The second-order valence-electron chi connectivity index (χ2n) is 5.94. The van der Waals surface area contributed by atoms with Crippen LogP contribution in [0.4, 0.5) is 5.69 Å². The molecule has 5 heteroatoms. The topological polar surface area (TPSA) is 32.3 Å². The lowest BCUT2D eigenvalue weighted by Crippen LogP contribution is -2.63. The van der Waals surface area contributed by atoms with Crippen molar-refractivity contribution < 1.29 is 4.79 Å². The fraction of sp³-hybridized carbons (Fsp3) is 0.353. The van der Waals surface area contributed by atoms with Crippen LogP contribution >= 0.6 is 27.3 Å². The Kier molecular flexibility index (Phi) is 4.39. The third-order valence-corrected chi connectivity index (χ3v) is 6.12. The van der Waals surface area contributed by atoms with Gasteiger partial charge in [0.1, 0.15) is 0 Å². The molecule has 0 aliphatic carbocycles. The molecule has 116 valence electrons. The first-order chi connectivity index (χ1) is 10.5. The van der Waals surface area contributed by atoms with Crippen molar-refractivity contribution >= 4 is 38.9 Å². The van der Waals surface area contributed by atoms with E-state index < -0.39 is 5.54 Å². The molecule has 1 atom stereocenters. The highest BCUT2D eigenvalue weighted by molar-refractivity contribution is 9.10. The monoisotopic (exact) mass is 378 g/mol. The van der Waals surface area contributed by atoms with E-state index in [1.807, 2.05) is 32.0 Å². The summed E-state index contributed by atoms with van der Waals surface area (Å²) in [5.41, 5.74) is 2.80. The van der Waals surface area contributed by atoms with Gasteiger partial charge in [-0.25, -0.2) is 0 Å². The average Bonchev–Trinajstić information content (AvgIpc) is 3.00. The standard InChI is InChI=1S/C17H19BrN2OS/c1-12-14(18)4-3-5-15(12)19-16(21)17(2)7-8-20(17)10-13-6-9-22-11-13/h3-6,9,11H,7-8,10H2,1-2H3,(H,19,21). The summed E-state index contributed by atoms with van der Waals surface area (Å²) in [4.78, 5) is 15.0. The third-order valence-electron chi connectivity index (χ3n) is 4.53. The number of rotatable bonds is 4. The number of halogens is 1. The van der Waals surface area contributed by atoms with Crippen molar-refractivity contribution in [3.05, 3.63) is 50.6 Å². The first-order valence-electron chi connectivity index (χ1n) is 7.33. The number of hydrogen-bond acceptors (Lipinski definition) is 3. The molecule has 1 amide bonds. The van der Waals surface area contributed by atoms with Crippen LogP contribution in [-0.2, 0) is 11.3 Å². The first kappa shape index (κ1) is 15.7. The van der Waals surface area contributed by atoms with Crippen molar-refractivity contribution in [3.63, 3.8) is 0 Å². The molecule has 0 bridgehead atoms. The summed E-state index contributed by atoms with van der Waals surface area (Å²) in [6.45, 7) is 5.85. The van der Waals surface area contributed by atoms with Crippen LogP contribution in [0.25, 0.3) is 0 Å². The van der Waals surface area contributed by atoms with Crippen molar-refractivity contribution in [2.75, 3.05) is 11.9 Å². The normalized spacial score (nSPS) is 21.4. The quantitative estimate of drug-likeness (QED) is 0.853. The molecule has 1 unspecified atom stereocenters. The zero-order valence-corrected chi connectivity index (χ0v) is 15.1. The predicted molar refractivity (Wildman–Crippen MR) is 95.3 cm³/mol. The van der Waals surface area contributed by atoms with Gasteiger partial charge in [-0.2, -0.15) is 11.3 Å². The van der Waals surface area contributed by atoms with Crippen molar-refractivity contribution in [1.29, 1.82) is 0 Å². The highest BCUT2D eigenvalue weighted by Crippen LogP contribution is 2.34. The van der Waals surface area contributed by atoms with Gasteiger partial charge in [0.05, 0.1) is 5.54 Å². The fourth-order valence-electron chi connectivity index (χ4n) is 2.72. The summed E-state index contributed by atoms with van der Waals surface area (Å²) >= 11 is 5.21. The van der Waals surface area contributed by atoms with E-state index in [-0.39, 0.29) is 5.91 Å². The molecule has 3 rings (SSSR count). The highest BCUT2D eigenvalue weighted by Gasteiger charge is 2.46. The van der Waals surface area contributed by atoms with Crippen LogP contribution in [0.2, 0.25) is 0 Å². The van der Waals surface area contributed by atoms with E-state index in [1.165, 1.54) is 5.56 Å². The molecule has 0 radical (unpaired) electrons. The molecule has 3 nitrogen and oxygen atoms in total. The van der Waals surface area contributed by atoms with Gasteiger partial charge >= 0.3 is 0 Å². The number of nitrogens with zero attached hydrogens (tertiary/aromatic N) is 1. The van der Waals surface area contributed by atoms with Crippen LogP contribution in [0.1, 0.15) is 24.5 Å². The van der Waals surface area contributed by atoms with Crippen LogP contribution in [0.5, 0.6) is 0 Å². The van der Waals surface area contributed by atoms with Crippen molar-refractivity contribution in [2.45, 2.75) is 32.4 Å². The number of hydrogen-bond donors (Lipinski definition) is 1. The van der Waals surface area contributed by atoms with Crippen LogP contribution in [-0.4, -0.2) is 22.9 Å². The molecule has 1 aromatic heterocycles. The number of nitrogens with one attached hydrogen (secondary N) is 1. The molecular formula is C17H19BrN2OS. The van der Waals surface area contributed by atoms with Gasteiger partial charge in [0.15, 0.2) is 0 Å². The van der Waals surface area contributed by atoms with E-state index in [9.17, 15) is 4.79 Å². The maximum Gasteiger partial charge on any atom is 0.244 e. The van der Waals surface area contributed by atoms with Gasteiger partial charge in [0.25, 0.3) is 0 Å². The molecule has 0 saturated carbocycles. The second-order valence-corrected chi connectivity index (χ2v) is 7.58. The summed E-state index contributed by atoms with van der Waals surface area (Å²) in [5.74, 6) is 0.0789. The maximum atomic E-state index is 12.8. The Morgan fingerprint density at radius 3 is 2.91 bits per heavy atom. The summed E-state index contributed by atoms with van der Waals surface area (Å²) in [6.07, 6.45) is 0.899. The Morgan fingerprint density at radius 1 is 1.45 bits per heavy atom. The molecule has 1 fully saturated rings. The minimum absolute atomic E-state index is 0.0789. The van der Waals surface area contributed by atoms with E-state index in [0.29, 0.717) is 0 Å². The number of anilines is 1. The molecule has 22 heavy (non-hydrogen) atoms. The minimum atomic E-state index is -0.420. The smallest absolute Gasteiger partial charge is 0.244 e. The lowest BCUT2D eigenvalue weighted by Gasteiger charge is -2.49. The van der Waals surface area contributed by atoms with Gasteiger partial charge in [0.2, 0.25) is 5.91 Å². The van der Waals surface area contributed by atoms with Crippen LogP contribution in [0.15, 0.2) is 39.5 Å². The molecular weight excluding hydrogens is 360 g/mol. The average molecular weight is 379 g/mol. The maximum absolute atomic E-state index is 12.8. The number of carbonyl (C=O) groups is 1. The van der Waals surface area contributed by atoms with Crippen LogP contribution in [0, 0.1) is 6.92 Å². The Labute approximate surface area is 143 Å². The van der Waals surface area contributed by atoms with E-state index in [1.54, 1.807) is 11.3 Å². The summed E-state index contributed by atoms with van der Waals surface area (Å²) < 4.78 is 1.01. The number of carbonyl (C=O) groups excluding carboxylic acids is 1. The molecule has 1 aromatic carbocycles. The zero-order valence-electron chi connectivity index (χ0n) is 12.7. The highest BCUT2D eigenvalue weighted by atomic mass is 79.9. The van der Waals surface area contributed by atoms with Gasteiger partial charge in [-0.1, -0.05) is 22.0 Å². The van der Waals surface area contributed by atoms with Crippen molar-refractivity contribution in [3.8, 4) is 0 Å². The number of amides is 1. The second kappa shape index (κ2) is 6.14. The third kappa shape index (κ3) is 2.85. The molecule has 1 N–H and O–H groups in total.